The summed E-state index contributed by atoms with van der Waals surface area (Å²) in [7, 11) is 0. The Labute approximate surface area is 199 Å². The third kappa shape index (κ3) is 2.93. The number of fused-ring (bicyclic) bond motifs is 7. The van der Waals surface area contributed by atoms with Crippen molar-refractivity contribution in [1.29, 1.82) is 0 Å². The Morgan fingerprint density at radius 1 is 1.26 bits per heavy atom. The van der Waals surface area contributed by atoms with Gasteiger partial charge in [-0.3, -0.25) is 14.4 Å². The molecule has 4 aliphatic carbocycles. The zero-order valence-corrected chi connectivity index (χ0v) is 20.0. The van der Waals surface area contributed by atoms with Gasteiger partial charge in [-0.15, -0.1) is 0 Å². The van der Waals surface area contributed by atoms with E-state index < -0.39 is 34.4 Å². The van der Waals surface area contributed by atoms with Crippen LogP contribution in [0.4, 0.5) is 4.79 Å². The summed E-state index contributed by atoms with van der Waals surface area (Å²) in [5.74, 6) is -0.761. The zero-order chi connectivity index (χ0) is 24.6. The quantitative estimate of drug-likeness (QED) is 0.607. The van der Waals surface area contributed by atoms with Crippen LogP contribution in [0.15, 0.2) is 23.8 Å². The van der Waals surface area contributed by atoms with Crippen molar-refractivity contribution in [2.75, 3.05) is 19.7 Å². The van der Waals surface area contributed by atoms with Gasteiger partial charge in [0.1, 0.15) is 0 Å². The van der Waals surface area contributed by atoms with Crippen molar-refractivity contribution < 1.29 is 34.1 Å². The molecular formula is C26H33NO7. The van der Waals surface area contributed by atoms with Gasteiger partial charge in [-0.05, 0) is 61.0 Å². The number of ketones is 2. The number of rotatable bonds is 3. The second-order valence-corrected chi connectivity index (χ2v) is 11.5. The van der Waals surface area contributed by atoms with Crippen molar-refractivity contribution in [3.8, 4) is 0 Å². The van der Waals surface area contributed by atoms with Gasteiger partial charge in [-0.25, -0.2) is 4.79 Å². The monoisotopic (exact) mass is 471 g/mol. The van der Waals surface area contributed by atoms with Gasteiger partial charge in [0.05, 0.1) is 11.5 Å². The summed E-state index contributed by atoms with van der Waals surface area (Å²) in [6, 6.07) is 0. The van der Waals surface area contributed by atoms with Gasteiger partial charge in [-0.2, -0.15) is 0 Å². The molecule has 5 rings (SSSR count). The van der Waals surface area contributed by atoms with Crippen LogP contribution in [0.25, 0.3) is 0 Å². The molecule has 1 aliphatic heterocycles. The largest absolute Gasteiger partial charge is 0.465 e. The van der Waals surface area contributed by atoms with Crippen molar-refractivity contribution >= 4 is 23.6 Å². The van der Waals surface area contributed by atoms with E-state index in [1.54, 1.807) is 12.2 Å². The zero-order valence-electron chi connectivity index (χ0n) is 20.0. The first-order valence-corrected chi connectivity index (χ1v) is 12.2. The lowest BCUT2D eigenvalue weighted by molar-refractivity contribution is -0.164. The van der Waals surface area contributed by atoms with Crippen molar-refractivity contribution in [2.24, 2.45) is 39.9 Å². The first-order valence-electron chi connectivity index (χ1n) is 12.2. The predicted molar refractivity (Wildman–Crippen MR) is 121 cm³/mol. The number of Topliss-reactive ketones (excluding diaryl/α,β-unsaturated/α-hetero) is 1. The van der Waals surface area contributed by atoms with Gasteiger partial charge in [0, 0.05) is 31.3 Å². The molecule has 8 atom stereocenters. The molecule has 0 aromatic carbocycles. The van der Waals surface area contributed by atoms with E-state index in [4.69, 9.17) is 4.74 Å². The van der Waals surface area contributed by atoms with Gasteiger partial charge < -0.3 is 19.8 Å². The van der Waals surface area contributed by atoms with E-state index in [9.17, 15) is 29.4 Å². The van der Waals surface area contributed by atoms with E-state index in [0.29, 0.717) is 12.8 Å². The molecule has 0 unspecified atom stereocenters. The lowest BCUT2D eigenvalue weighted by Crippen LogP contribution is -2.60. The summed E-state index contributed by atoms with van der Waals surface area (Å²) in [5, 5.41) is 21.3. The van der Waals surface area contributed by atoms with E-state index in [1.165, 1.54) is 11.8 Å². The van der Waals surface area contributed by atoms with Crippen LogP contribution in [0.1, 0.15) is 46.5 Å². The summed E-state index contributed by atoms with van der Waals surface area (Å²) in [6.07, 6.45) is 6.20. The van der Waals surface area contributed by atoms with Crippen LogP contribution in [0, 0.1) is 39.9 Å². The number of amides is 1. The highest BCUT2D eigenvalue weighted by Crippen LogP contribution is 2.72. The number of hydrogen-bond donors (Lipinski definition) is 2. The van der Waals surface area contributed by atoms with Crippen molar-refractivity contribution in [2.45, 2.75) is 52.6 Å². The molecule has 0 bridgehead atoms. The van der Waals surface area contributed by atoms with Crippen molar-refractivity contribution in [3.05, 3.63) is 23.8 Å². The maximum Gasteiger partial charge on any atom is 0.407 e. The summed E-state index contributed by atoms with van der Waals surface area (Å²) in [6.45, 7) is 5.38. The third-order valence-electron chi connectivity index (χ3n) is 10.2. The van der Waals surface area contributed by atoms with Crippen LogP contribution in [0.2, 0.25) is 0 Å². The van der Waals surface area contributed by atoms with Crippen molar-refractivity contribution in [1.82, 2.24) is 4.90 Å². The molecule has 34 heavy (non-hydrogen) atoms. The van der Waals surface area contributed by atoms with Gasteiger partial charge in [0.15, 0.2) is 18.2 Å². The van der Waals surface area contributed by atoms with Crippen LogP contribution >= 0.6 is 0 Å². The number of carboxylic acid groups (broad SMARTS) is 1. The number of carbonyl (C=O) groups is 4. The minimum absolute atomic E-state index is 0.0137. The van der Waals surface area contributed by atoms with Gasteiger partial charge in [0.25, 0.3) is 0 Å². The number of ether oxygens (including phenoxy) is 1. The van der Waals surface area contributed by atoms with Crippen LogP contribution in [0.5, 0.6) is 0 Å². The molecule has 2 N–H and O–H groups in total. The lowest BCUT2D eigenvalue weighted by atomic mass is 9.44. The first-order chi connectivity index (χ1) is 15.9. The Kier molecular flexibility index (Phi) is 5.14. The molecule has 8 heteroatoms. The molecule has 3 saturated carbocycles. The number of likely N-dealkylation sites (tertiary alicyclic amines) is 1. The topological polar surface area (TPSA) is 121 Å². The molecule has 5 aliphatic rings. The minimum Gasteiger partial charge on any atom is -0.465 e. The maximum atomic E-state index is 13.7. The average Bonchev–Trinajstić information content (AvgIpc) is 3.26. The van der Waals surface area contributed by atoms with E-state index in [0.717, 1.165) is 18.4 Å². The molecule has 0 aromatic heterocycles. The Hall–Kier alpha value is -2.48. The number of allylic oxidation sites excluding steroid dienone is 4. The fourth-order valence-electron chi connectivity index (χ4n) is 8.84. The third-order valence-corrected chi connectivity index (χ3v) is 10.2. The van der Waals surface area contributed by atoms with E-state index in [-0.39, 0.29) is 54.9 Å². The minimum atomic E-state index is -1.06. The van der Waals surface area contributed by atoms with E-state index >= 15 is 0 Å². The number of aliphatic hydroxyl groups excluding tert-OH is 1. The summed E-state index contributed by atoms with van der Waals surface area (Å²) < 4.78 is 5.10. The molecule has 1 amide bonds. The summed E-state index contributed by atoms with van der Waals surface area (Å²) in [5.41, 5.74) is -0.949. The molecule has 0 spiro atoms. The molecule has 8 nitrogen and oxygen atoms in total. The predicted octanol–water partition coefficient (Wildman–Crippen LogP) is 2.60. The smallest absolute Gasteiger partial charge is 0.407 e. The highest BCUT2D eigenvalue weighted by molar-refractivity contribution is 6.01. The summed E-state index contributed by atoms with van der Waals surface area (Å²) >= 11 is 0. The number of aliphatic hydroxyl groups is 1. The molecule has 184 valence electrons. The second-order valence-electron chi connectivity index (χ2n) is 11.5. The number of hydrogen-bond acceptors (Lipinski definition) is 6. The standard InChI is InChI=1S/C26H33NO7/c1-14(28)34-12-21(31)26-13-27(23(32)33)11-16(26)9-19-18-5-4-15-8-17(29)6-7-24(15,2)22(18)20(30)10-25(19,26)3/h6-8,16,18-20,22,30H,4-5,9-13H2,1-3H3,(H,32,33)/t16-,18-,19-,20-,22+,24-,25-,26+/m0/s1. The number of esters is 1. The van der Waals surface area contributed by atoms with E-state index in [1.807, 2.05) is 13.0 Å². The highest BCUT2D eigenvalue weighted by atomic mass is 16.5. The second kappa shape index (κ2) is 7.51. The van der Waals surface area contributed by atoms with Gasteiger partial charge in [0.2, 0.25) is 0 Å². The SMILES string of the molecule is CC(=O)OCC(=O)[C@@]12CN(C(=O)O)C[C@@H]1C[C@H]1[C@@H]3CCC4=CC(=O)C=C[C@]4(C)[C@H]3[C@@H](O)C[C@@]12C. The van der Waals surface area contributed by atoms with Gasteiger partial charge in [-0.1, -0.05) is 25.5 Å². The Morgan fingerprint density at radius 3 is 2.68 bits per heavy atom. The molecule has 1 heterocycles. The van der Waals surface area contributed by atoms with Crippen LogP contribution in [0.3, 0.4) is 0 Å². The molecule has 1 saturated heterocycles. The lowest BCUT2D eigenvalue weighted by Gasteiger charge is -2.60. The Balaban J connectivity index is 1.55. The molecule has 0 aromatic rings. The number of nitrogens with zero attached hydrogens (tertiary/aromatic N) is 1. The Morgan fingerprint density at radius 2 is 2.00 bits per heavy atom. The van der Waals surface area contributed by atoms with Crippen LogP contribution < -0.4 is 0 Å². The summed E-state index contributed by atoms with van der Waals surface area (Å²) in [4.78, 5) is 50.4. The Bertz CT molecular complexity index is 1030. The molecule has 4 fully saturated rings. The fourth-order valence-corrected chi connectivity index (χ4v) is 8.84. The normalized spacial score (nSPS) is 44.5. The van der Waals surface area contributed by atoms with Crippen LogP contribution in [-0.4, -0.2) is 64.5 Å². The first kappa shape index (κ1) is 23.3. The number of carbonyl (C=O) groups excluding carboxylic acids is 3. The molecule has 0 radical (unpaired) electrons. The average molecular weight is 472 g/mol. The van der Waals surface area contributed by atoms with Crippen molar-refractivity contribution in [3.63, 3.8) is 0 Å². The maximum absolute atomic E-state index is 13.7. The van der Waals surface area contributed by atoms with E-state index in [2.05, 4.69) is 6.92 Å². The van der Waals surface area contributed by atoms with Gasteiger partial charge >= 0.3 is 12.1 Å². The highest BCUT2D eigenvalue weighted by Gasteiger charge is 2.73. The van der Waals surface area contributed by atoms with Crippen LogP contribution in [-0.2, 0) is 19.1 Å². The fraction of sp³-hybridized carbons (Fsp3) is 0.692. The molecular weight excluding hydrogens is 438 g/mol.